The lowest BCUT2D eigenvalue weighted by atomic mass is 10.1. The molecule has 0 radical (unpaired) electrons. The summed E-state index contributed by atoms with van der Waals surface area (Å²) in [5.41, 5.74) is 0. The summed E-state index contributed by atoms with van der Waals surface area (Å²) >= 11 is 16.4. The highest BCUT2D eigenvalue weighted by molar-refractivity contribution is 6.67. The van der Waals surface area contributed by atoms with Crippen molar-refractivity contribution in [2.75, 3.05) is 13.2 Å². The van der Waals surface area contributed by atoms with Crippen molar-refractivity contribution >= 4 is 46.7 Å². The normalized spacial score (nSPS) is 13.6. The first-order valence-electron chi connectivity index (χ1n) is 6.18. The second-order valence-corrected chi connectivity index (χ2v) is 7.13. The monoisotopic (exact) mass is 344 g/mol. The quantitative estimate of drug-likeness (QED) is 0.401. The van der Waals surface area contributed by atoms with Gasteiger partial charge in [-0.05, 0) is 6.42 Å². The fourth-order valence-electron chi connectivity index (χ4n) is 1.06. The van der Waals surface area contributed by atoms with Gasteiger partial charge in [0.2, 0.25) is 3.79 Å². The van der Waals surface area contributed by atoms with Crippen LogP contribution in [0.1, 0.15) is 27.2 Å². The second kappa shape index (κ2) is 9.48. The molecule has 1 unspecified atom stereocenters. The number of allylic oxidation sites excluding steroid dienone is 1. The molecule has 0 fully saturated rings. The van der Waals surface area contributed by atoms with E-state index in [0.717, 1.165) is 0 Å². The number of carbonyl (C=O) groups excluding carboxylic acids is 2. The Labute approximate surface area is 134 Å². The van der Waals surface area contributed by atoms with Crippen molar-refractivity contribution in [2.45, 2.75) is 31.0 Å². The predicted molar refractivity (Wildman–Crippen MR) is 80.0 cm³/mol. The molecule has 0 saturated carbocycles. The van der Waals surface area contributed by atoms with Gasteiger partial charge in [-0.3, -0.25) is 9.59 Å². The average molecular weight is 346 g/mol. The van der Waals surface area contributed by atoms with Crippen LogP contribution in [0.25, 0.3) is 0 Å². The minimum atomic E-state index is -1.60. The van der Waals surface area contributed by atoms with Crippen molar-refractivity contribution in [1.29, 1.82) is 0 Å². The van der Waals surface area contributed by atoms with Crippen LogP contribution in [-0.4, -0.2) is 28.9 Å². The van der Waals surface area contributed by atoms with Crippen LogP contribution >= 0.6 is 34.8 Å². The van der Waals surface area contributed by atoms with Crippen LogP contribution in [0.15, 0.2) is 12.2 Å². The summed E-state index contributed by atoms with van der Waals surface area (Å²) in [6.07, 6.45) is 3.88. The van der Waals surface area contributed by atoms with Gasteiger partial charge in [-0.2, -0.15) is 0 Å². The molecule has 0 aromatic rings. The lowest BCUT2D eigenvalue weighted by Crippen LogP contribution is -2.21. The Balaban J connectivity index is 3.89. The minimum Gasteiger partial charge on any atom is -0.461 e. The van der Waals surface area contributed by atoms with E-state index in [1.807, 2.05) is 0 Å². The highest BCUT2D eigenvalue weighted by atomic mass is 35.6. The van der Waals surface area contributed by atoms with E-state index in [1.54, 1.807) is 32.9 Å². The van der Waals surface area contributed by atoms with Gasteiger partial charge >= 0.3 is 11.9 Å². The van der Waals surface area contributed by atoms with Crippen molar-refractivity contribution in [3.8, 4) is 0 Å². The van der Waals surface area contributed by atoms with Crippen LogP contribution < -0.4 is 0 Å². The number of rotatable bonds is 7. The molecule has 0 saturated heterocycles. The zero-order valence-electron chi connectivity index (χ0n) is 11.7. The van der Waals surface area contributed by atoms with Gasteiger partial charge in [0.1, 0.15) is 13.2 Å². The van der Waals surface area contributed by atoms with Gasteiger partial charge in [-0.1, -0.05) is 67.7 Å². The smallest absolute Gasteiger partial charge is 0.309 e. The first-order valence-corrected chi connectivity index (χ1v) is 7.32. The van der Waals surface area contributed by atoms with Gasteiger partial charge < -0.3 is 9.47 Å². The van der Waals surface area contributed by atoms with Crippen molar-refractivity contribution in [1.82, 2.24) is 0 Å². The van der Waals surface area contributed by atoms with Crippen LogP contribution in [0.2, 0.25) is 0 Å². The van der Waals surface area contributed by atoms with Crippen molar-refractivity contribution in [3.63, 3.8) is 0 Å². The van der Waals surface area contributed by atoms with Gasteiger partial charge in [-0.25, -0.2) is 0 Å². The van der Waals surface area contributed by atoms with E-state index in [0.29, 0.717) is 6.42 Å². The average Bonchev–Trinajstić information content (AvgIpc) is 2.33. The molecule has 116 valence electrons. The number of esters is 2. The van der Waals surface area contributed by atoms with Crippen LogP contribution in [0.4, 0.5) is 0 Å². The Kier molecular flexibility index (Phi) is 9.27. The largest absolute Gasteiger partial charge is 0.461 e. The van der Waals surface area contributed by atoms with Crippen LogP contribution in [0, 0.1) is 11.8 Å². The number of hydrogen-bond acceptors (Lipinski definition) is 4. The van der Waals surface area contributed by atoms with Gasteiger partial charge in [0.05, 0.1) is 11.8 Å². The molecule has 0 aromatic carbocycles. The van der Waals surface area contributed by atoms with Crippen molar-refractivity contribution < 1.29 is 19.1 Å². The Morgan fingerprint density at radius 3 is 2.15 bits per heavy atom. The Morgan fingerprint density at radius 1 is 1.05 bits per heavy atom. The van der Waals surface area contributed by atoms with Crippen LogP contribution in [-0.2, 0) is 19.1 Å². The molecule has 1 atom stereocenters. The maximum absolute atomic E-state index is 11.5. The Morgan fingerprint density at radius 2 is 1.65 bits per heavy atom. The molecular weight excluding hydrogens is 326 g/mol. The molecule has 7 heteroatoms. The fourth-order valence-corrected chi connectivity index (χ4v) is 1.22. The summed E-state index contributed by atoms with van der Waals surface area (Å²) in [4.78, 5) is 22.7. The third-order valence-corrected chi connectivity index (χ3v) is 2.56. The number of halogens is 3. The molecule has 0 N–H and O–H groups in total. The predicted octanol–water partition coefficient (Wildman–Crippen LogP) is 3.68. The molecule has 0 amide bonds. The standard InChI is InChI=1S/C13H19Cl3O4/c1-9(2)11(17)19-7-5-4-6-10(3)12(18)20-8-13(14,15)16/h4-5,9-10H,6-8H2,1-3H3/b5-4-. The van der Waals surface area contributed by atoms with Gasteiger partial charge in [0.25, 0.3) is 0 Å². The molecule has 0 aliphatic rings. The van der Waals surface area contributed by atoms with Gasteiger partial charge in [-0.15, -0.1) is 0 Å². The number of hydrogen-bond donors (Lipinski definition) is 0. The zero-order valence-corrected chi connectivity index (χ0v) is 14.0. The molecule has 0 rings (SSSR count). The van der Waals surface area contributed by atoms with E-state index in [1.165, 1.54) is 0 Å². The summed E-state index contributed by atoms with van der Waals surface area (Å²) in [6.45, 7) is 5.12. The summed E-state index contributed by atoms with van der Waals surface area (Å²) in [6, 6.07) is 0. The van der Waals surface area contributed by atoms with E-state index in [9.17, 15) is 9.59 Å². The molecule has 0 aliphatic carbocycles. The van der Waals surface area contributed by atoms with Crippen LogP contribution in [0.3, 0.4) is 0 Å². The lowest BCUT2D eigenvalue weighted by molar-refractivity contribution is -0.148. The fraction of sp³-hybridized carbons (Fsp3) is 0.692. The SMILES string of the molecule is CC(C)C(=O)OC/C=C\CC(C)C(=O)OCC(Cl)(Cl)Cl. The van der Waals surface area contributed by atoms with E-state index in [-0.39, 0.29) is 31.0 Å². The highest BCUT2D eigenvalue weighted by Gasteiger charge is 2.23. The summed E-state index contributed by atoms with van der Waals surface area (Å²) in [7, 11) is 0. The molecule has 0 bridgehead atoms. The summed E-state index contributed by atoms with van der Waals surface area (Å²) in [5.74, 6) is -1.22. The van der Waals surface area contributed by atoms with Gasteiger partial charge in [0, 0.05) is 0 Å². The molecule has 0 aromatic heterocycles. The minimum absolute atomic E-state index is 0.153. The van der Waals surface area contributed by atoms with Crippen LogP contribution in [0.5, 0.6) is 0 Å². The lowest BCUT2D eigenvalue weighted by Gasteiger charge is -2.13. The molecule has 0 spiro atoms. The Hall–Kier alpha value is -0.450. The molecule has 0 heterocycles. The van der Waals surface area contributed by atoms with E-state index in [2.05, 4.69) is 0 Å². The molecular formula is C13H19Cl3O4. The number of alkyl halides is 3. The highest BCUT2D eigenvalue weighted by Crippen LogP contribution is 2.26. The zero-order chi connectivity index (χ0) is 15.8. The third kappa shape index (κ3) is 10.4. The summed E-state index contributed by atoms with van der Waals surface area (Å²) in [5, 5.41) is 0. The number of carbonyl (C=O) groups is 2. The molecule has 4 nitrogen and oxygen atoms in total. The van der Waals surface area contributed by atoms with Crippen molar-refractivity contribution in [3.05, 3.63) is 12.2 Å². The van der Waals surface area contributed by atoms with E-state index in [4.69, 9.17) is 44.3 Å². The van der Waals surface area contributed by atoms with Gasteiger partial charge in [0.15, 0.2) is 0 Å². The molecule has 0 aliphatic heterocycles. The van der Waals surface area contributed by atoms with E-state index >= 15 is 0 Å². The third-order valence-electron chi connectivity index (χ3n) is 2.23. The summed E-state index contributed by atoms with van der Waals surface area (Å²) < 4.78 is 8.18. The molecule has 20 heavy (non-hydrogen) atoms. The topological polar surface area (TPSA) is 52.6 Å². The second-order valence-electron chi connectivity index (χ2n) is 4.62. The first kappa shape index (κ1) is 19.6. The maximum Gasteiger partial charge on any atom is 0.309 e. The van der Waals surface area contributed by atoms with E-state index < -0.39 is 9.76 Å². The van der Waals surface area contributed by atoms with Crippen molar-refractivity contribution in [2.24, 2.45) is 11.8 Å². The first-order chi connectivity index (χ1) is 9.13. The number of ether oxygens (including phenoxy) is 2. The maximum atomic E-state index is 11.5. The Bertz CT molecular complexity index is 348.